The third-order valence-electron chi connectivity index (χ3n) is 2.73. The fourth-order valence-corrected chi connectivity index (χ4v) is 1.72. The van der Waals surface area contributed by atoms with Gasteiger partial charge in [0.15, 0.2) is 0 Å². The number of nitrogens with zero attached hydrogens (tertiary/aromatic N) is 1. The lowest BCUT2D eigenvalue weighted by atomic mass is 10.1. The average molecular weight is 242 g/mol. The maximum atomic E-state index is 12.1. The molecule has 1 N–H and O–H groups in total. The largest absolute Gasteiger partial charge is 0.468 e. The SMILES string of the molecule is COC(=O)CN(C(=O)C1CCC(=O)N1)C(C)C. The van der Waals surface area contributed by atoms with Crippen molar-refractivity contribution in [1.82, 2.24) is 10.2 Å². The summed E-state index contributed by atoms with van der Waals surface area (Å²) in [5, 5.41) is 2.60. The molecule has 0 aromatic rings. The fourth-order valence-electron chi connectivity index (χ4n) is 1.72. The predicted molar refractivity (Wildman–Crippen MR) is 60.0 cm³/mol. The smallest absolute Gasteiger partial charge is 0.325 e. The first-order valence-corrected chi connectivity index (χ1v) is 5.62. The molecule has 1 unspecified atom stereocenters. The normalized spacial score (nSPS) is 19.1. The van der Waals surface area contributed by atoms with Gasteiger partial charge in [0.2, 0.25) is 11.8 Å². The highest BCUT2D eigenvalue weighted by atomic mass is 16.5. The molecule has 0 radical (unpaired) electrons. The van der Waals surface area contributed by atoms with E-state index in [0.29, 0.717) is 12.8 Å². The number of amides is 2. The number of nitrogens with one attached hydrogen (secondary N) is 1. The van der Waals surface area contributed by atoms with Gasteiger partial charge < -0.3 is 15.0 Å². The molecule has 17 heavy (non-hydrogen) atoms. The van der Waals surface area contributed by atoms with Crippen LogP contribution in [0.4, 0.5) is 0 Å². The molecule has 0 aromatic heterocycles. The Morgan fingerprint density at radius 3 is 2.59 bits per heavy atom. The van der Waals surface area contributed by atoms with Crippen LogP contribution in [0.2, 0.25) is 0 Å². The van der Waals surface area contributed by atoms with E-state index in [1.165, 1.54) is 12.0 Å². The van der Waals surface area contributed by atoms with E-state index in [1.54, 1.807) is 0 Å². The minimum absolute atomic E-state index is 0.0840. The van der Waals surface area contributed by atoms with Gasteiger partial charge >= 0.3 is 5.97 Å². The van der Waals surface area contributed by atoms with Crippen molar-refractivity contribution in [3.05, 3.63) is 0 Å². The molecule has 0 saturated carbocycles. The molecule has 6 heteroatoms. The number of hydrogen-bond acceptors (Lipinski definition) is 4. The van der Waals surface area contributed by atoms with Crippen molar-refractivity contribution < 1.29 is 19.1 Å². The summed E-state index contributed by atoms with van der Waals surface area (Å²) in [5.74, 6) is -0.808. The number of ether oxygens (including phenoxy) is 1. The van der Waals surface area contributed by atoms with Gasteiger partial charge in [-0.3, -0.25) is 14.4 Å². The van der Waals surface area contributed by atoms with Crippen molar-refractivity contribution >= 4 is 17.8 Å². The van der Waals surface area contributed by atoms with E-state index in [0.717, 1.165) is 0 Å². The highest BCUT2D eigenvalue weighted by molar-refractivity contribution is 5.92. The summed E-state index contributed by atoms with van der Waals surface area (Å²) >= 11 is 0. The van der Waals surface area contributed by atoms with Crippen molar-refractivity contribution in [1.29, 1.82) is 0 Å². The van der Waals surface area contributed by atoms with Crippen LogP contribution >= 0.6 is 0 Å². The Balaban J connectivity index is 2.67. The van der Waals surface area contributed by atoms with Gasteiger partial charge in [-0.1, -0.05) is 0 Å². The lowest BCUT2D eigenvalue weighted by Gasteiger charge is -2.28. The summed E-state index contributed by atoms with van der Waals surface area (Å²) in [5.41, 5.74) is 0. The molecule has 0 aromatic carbocycles. The van der Waals surface area contributed by atoms with Crippen LogP contribution in [0, 0.1) is 0 Å². The quantitative estimate of drug-likeness (QED) is 0.685. The molecule has 2 amide bonds. The summed E-state index contributed by atoms with van der Waals surface area (Å²) in [6, 6.07) is -0.617. The van der Waals surface area contributed by atoms with Crippen LogP contribution in [-0.2, 0) is 19.1 Å². The van der Waals surface area contributed by atoms with Crippen molar-refractivity contribution in [3.8, 4) is 0 Å². The Kier molecular flexibility index (Phi) is 4.48. The van der Waals surface area contributed by atoms with Gasteiger partial charge in [0.25, 0.3) is 0 Å². The molecule has 1 atom stereocenters. The lowest BCUT2D eigenvalue weighted by molar-refractivity contribution is -0.149. The van der Waals surface area contributed by atoms with E-state index in [2.05, 4.69) is 10.1 Å². The molecule has 1 heterocycles. The molecule has 96 valence electrons. The average Bonchev–Trinajstić information content (AvgIpc) is 2.71. The molecule has 1 fully saturated rings. The topological polar surface area (TPSA) is 75.7 Å². The van der Waals surface area contributed by atoms with Gasteiger partial charge in [0.1, 0.15) is 12.6 Å². The Morgan fingerprint density at radius 1 is 1.53 bits per heavy atom. The first kappa shape index (κ1) is 13.5. The van der Waals surface area contributed by atoms with E-state index < -0.39 is 12.0 Å². The Morgan fingerprint density at radius 2 is 2.18 bits per heavy atom. The van der Waals surface area contributed by atoms with Crippen molar-refractivity contribution in [3.63, 3.8) is 0 Å². The van der Waals surface area contributed by atoms with E-state index >= 15 is 0 Å². The van der Waals surface area contributed by atoms with Gasteiger partial charge in [0, 0.05) is 12.5 Å². The van der Waals surface area contributed by atoms with E-state index in [1.807, 2.05) is 13.8 Å². The van der Waals surface area contributed by atoms with Crippen molar-refractivity contribution in [2.75, 3.05) is 13.7 Å². The maximum absolute atomic E-state index is 12.1. The van der Waals surface area contributed by atoms with E-state index in [4.69, 9.17) is 0 Å². The Bertz CT molecular complexity index is 327. The first-order valence-electron chi connectivity index (χ1n) is 5.62. The summed E-state index contributed by atoms with van der Waals surface area (Å²) in [7, 11) is 1.28. The molecule has 1 saturated heterocycles. The van der Waals surface area contributed by atoms with Crippen LogP contribution in [0.25, 0.3) is 0 Å². The molecule has 0 aliphatic carbocycles. The summed E-state index contributed by atoms with van der Waals surface area (Å²) < 4.78 is 4.54. The molecule has 1 aliphatic heterocycles. The predicted octanol–water partition coefficient (Wildman–Crippen LogP) is -0.325. The minimum Gasteiger partial charge on any atom is -0.468 e. The van der Waals surface area contributed by atoms with Crippen molar-refractivity contribution in [2.24, 2.45) is 0 Å². The molecule has 1 rings (SSSR count). The van der Waals surface area contributed by atoms with Gasteiger partial charge in [-0.15, -0.1) is 0 Å². The number of carbonyl (C=O) groups excluding carboxylic acids is 3. The van der Waals surface area contributed by atoms with Crippen LogP contribution in [0.1, 0.15) is 26.7 Å². The van der Waals surface area contributed by atoms with Gasteiger partial charge in [-0.05, 0) is 20.3 Å². The van der Waals surface area contributed by atoms with Crippen LogP contribution in [0.15, 0.2) is 0 Å². The highest BCUT2D eigenvalue weighted by Crippen LogP contribution is 2.12. The second-order valence-electron chi connectivity index (χ2n) is 4.29. The minimum atomic E-state index is -0.505. The zero-order valence-corrected chi connectivity index (χ0v) is 10.4. The molecular formula is C11H18N2O4. The second kappa shape index (κ2) is 5.65. The molecule has 6 nitrogen and oxygen atoms in total. The van der Waals surface area contributed by atoms with Gasteiger partial charge in [-0.2, -0.15) is 0 Å². The van der Waals surface area contributed by atoms with Crippen LogP contribution in [0.5, 0.6) is 0 Å². The number of hydrogen-bond donors (Lipinski definition) is 1. The lowest BCUT2D eigenvalue weighted by Crippen LogP contribution is -2.49. The third kappa shape index (κ3) is 3.44. The summed E-state index contributed by atoms with van der Waals surface area (Å²) in [4.78, 5) is 35.8. The Hall–Kier alpha value is -1.59. The van der Waals surface area contributed by atoms with Crippen LogP contribution in [0.3, 0.4) is 0 Å². The molecular weight excluding hydrogens is 224 g/mol. The van der Waals surface area contributed by atoms with Gasteiger partial charge in [-0.25, -0.2) is 0 Å². The number of rotatable bonds is 4. The number of methoxy groups -OCH3 is 1. The van der Waals surface area contributed by atoms with Crippen LogP contribution < -0.4 is 5.32 Å². The zero-order chi connectivity index (χ0) is 13.0. The summed E-state index contributed by atoms with van der Waals surface area (Å²) in [6.07, 6.45) is 0.850. The van der Waals surface area contributed by atoms with Gasteiger partial charge in [0.05, 0.1) is 7.11 Å². The number of carbonyl (C=O) groups is 3. The van der Waals surface area contributed by atoms with E-state index in [9.17, 15) is 14.4 Å². The molecule has 0 spiro atoms. The number of esters is 1. The standard InChI is InChI=1S/C11H18N2O4/c1-7(2)13(6-10(15)17-3)11(16)8-4-5-9(14)12-8/h7-8H,4-6H2,1-3H3,(H,12,14). The first-order chi connectivity index (χ1) is 7.95. The van der Waals surface area contributed by atoms with Crippen LogP contribution in [-0.4, -0.2) is 48.4 Å². The second-order valence-corrected chi connectivity index (χ2v) is 4.29. The zero-order valence-electron chi connectivity index (χ0n) is 10.4. The Labute approximate surface area is 100 Å². The highest BCUT2D eigenvalue weighted by Gasteiger charge is 2.32. The molecule has 1 aliphatic rings. The van der Waals surface area contributed by atoms with Crippen molar-refractivity contribution in [2.45, 2.75) is 38.8 Å². The third-order valence-corrected chi connectivity index (χ3v) is 2.73. The molecule has 0 bridgehead atoms. The monoisotopic (exact) mass is 242 g/mol. The fraction of sp³-hybridized carbons (Fsp3) is 0.727. The maximum Gasteiger partial charge on any atom is 0.325 e. The summed E-state index contributed by atoms with van der Waals surface area (Å²) in [6.45, 7) is 3.55. The van der Waals surface area contributed by atoms with E-state index in [-0.39, 0.29) is 24.4 Å².